The molecule has 1 aliphatic rings. The monoisotopic (exact) mass is 406 g/mol. The third-order valence-electron chi connectivity index (χ3n) is 3.75. The van der Waals surface area contributed by atoms with Gasteiger partial charge in [-0.05, 0) is 29.8 Å². The smallest absolute Gasteiger partial charge is 0.310 e. The quantitative estimate of drug-likeness (QED) is 0.445. The Balaban J connectivity index is 1.53. The summed E-state index contributed by atoms with van der Waals surface area (Å²) in [7, 11) is 0. The van der Waals surface area contributed by atoms with Gasteiger partial charge in [0.25, 0.3) is 11.6 Å². The molecular weight excluding hydrogens is 392 g/mol. The number of fused-ring (bicyclic) bond motifs is 1. The van der Waals surface area contributed by atoms with Crippen LogP contribution in [0.15, 0.2) is 36.4 Å². The van der Waals surface area contributed by atoms with E-state index in [9.17, 15) is 19.7 Å². The number of benzene rings is 2. The summed E-state index contributed by atoms with van der Waals surface area (Å²) in [5.74, 6) is -0.185. The number of nitrogens with one attached hydrogen (secondary N) is 1. The van der Waals surface area contributed by atoms with Crippen LogP contribution >= 0.6 is 11.6 Å². The van der Waals surface area contributed by atoms with E-state index in [0.717, 1.165) is 6.07 Å². The first-order valence-electron chi connectivity index (χ1n) is 8.20. The van der Waals surface area contributed by atoms with E-state index in [0.29, 0.717) is 30.3 Å². The Bertz CT molecular complexity index is 932. The van der Waals surface area contributed by atoms with Crippen molar-refractivity contribution in [2.75, 3.05) is 25.1 Å². The number of carbonyl (C=O) groups is 2. The van der Waals surface area contributed by atoms with Crippen molar-refractivity contribution in [1.82, 2.24) is 0 Å². The molecule has 0 unspecified atom stereocenters. The Hall–Kier alpha value is -3.33. The molecule has 9 nitrogen and oxygen atoms in total. The highest BCUT2D eigenvalue weighted by molar-refractivity contribution is 6.31. The maximum Gasteiger partial charge on any atom is 0.310 e. The summed E-state index contributed by atoms with van der Waals surface area (Å²) in [5, 5.41) is 13.5. The highest BCUT2D eigenvalue weighted by atomic mass is 35.5. The summed E-state index contributed by atoms with van der Waals surface area (Å²) in [5.41, 5.74) is 0.244. The number of rotatable bonds is 6. The van der Waals surface area contributed by atoms with Gasteiger partial charge in [0.05, 0.1) is 11.3 Å². The number of anilines is 1. The summed E-state index contributed by atoms with van der Waals surface area (Å²) in [6, 6.07) is 8.89. The van der Waals surface area contributed by atoms with Crippen molar-refractivity contribution in [1.29, 1.82) is 0 Å². The van der Waals surface area contributed by atoms with Crippen LogP contribution in [-0.2, 0) is 20.7 Å². The molecule has 0 spiro atoms. The van der Waals surface area contributed by atoms with Crippen molar-refractivity contribution in [2.24, 2.45) is 0 Å². The lowest BCUT2D eigenvalue weighted by molar-refractivity contribution is -0.383. The number of nitro benzene ring substituents is 1. The molecule has 0 fully saturated rings. The fourth-order valence-corrected chi connectivity index (χ4v) is 2.68. The van der Waals surface area contributed by atoms with Gasteiger partial charge in [-0.25, -0.2) is 0 Å². The van der Waals surface area contributed by atoms with Crippen molar-refractivity contribution < 1.29 is 28.7 Å². The van der Waals surface area contributed by atoms with E-state index in [-0.39, 0.29) is 22.8 Å². The molecule has 1 amide bonds. The number of hydrogen-bond acceptors (Lipinski definition) is 7. The van der Waals surface area contributed by atoms with Crippen molar-refractivity contribution in [2.45, 2.75) is 6.42 Å². The number of amides is 1. The van der Waals surface area contributed by atoms with Gasteiger partial charge >= 0.3 is 5.97 Å². The van der Waals surface area contributed by atoms with Gasteiger partial charge in [0, 0.05) is 11.1 Å². The van der Waals surface area contributed by atoms with Crippen LogP contribution in [0, 0.1) is 10.1 Å². The van der Waals surface area contributed by atoms with Crippen molar-refractivity contribution in [3.63, 3.8) is 0 Å². The number of halogens is 1. The van der Waals surface area contributed by atoms with Gasteiger partial charge in [0.1, 0.15) is 18.9 Å². The Morgan fingerprint density at radius 1 is 1.14 bits per heavy atom. The Labute approximate surface area is 164 Å². The molecule has 0 bridgehead atoms. The Kier molecular flexibility index (Phi) is 5.95. The average molecular weight is 407 g/mol. The van der Waals surface area contributed by atoms with Crippen molar-refractivity contribution in [3.05, 3.63) is 57.1 Å². The van der Waals surface area contributed by atoms with Crippen molar-refractivity contribution >= 4 is 34.9 Å². The molecule has 0 atom stereocenters. The first-order valence-corrected chi connectivity index (χ1v) is 8.58. The van der Waals surface area contributed by atoms with Crippen LogP contribution in [0.4, 0.5) is 11.4 Å². The van der Waals surface area contributed by atoms with Gasteiger partial charge in [0.15, 0.2) is 18.1 Å². The number of ether oxygens (including phenoxy) is 3. The van der Waals surface area contributed by atoms with E-state index in [1.165, 1.54) is 12.1 Å². The normalized spacial score (nSPS) is 12.2. The molecule has 0 aromatic heterocycles. The maximum atomic E-state index is 12.0. The molecule has 3 rings (SSSR count). The number of carbonyl (C=O) groups excluding carboxylic acids is 2. The van der Waals surface area contributed by atoms with Crippen LogP contribution in [0.1, 0.15) is 5.56 Å². The van der Waals surface area contributed by atoms with Gasteiger partial charge in [-0.1, -0.05) is 17.7 Å². The van der Waals surface area contributed by atoms with Crippen LogP contribution in [0.3, 0.4) is 0 Å². The van der Waals surface area contributed by atoms with Gasteiger partial charge < -0.3 is 19.5 Å². The second kappa shape index (κ2) is 8.57. The van der Waals surface area contributed by atoms with Crippen LogP contribution < -0.4 is 14.8 Å². The third kappa shape index (κ3) is 4.89. The number of esters is 1. The molecule has 0 radical (unpaired) electrons. The molecule has 0 aliphatic carbocycles. The standard InChI is InChI=1S/C18H15ClN2O7/c19-12-2-3-13(14(9-12)21(24)25)20-17(22)10-28-18(23)8-11-1-4-15-16(7-11)27-6-5-26-15/h1-4,7,9H,5-6,8,10H2,(H,20,22). The van der Waals surface area contributed by atoms with Gasteiger partial charge in [-0.3, -0.25) is 19.7 Å². The van der Waals surface area contributed by atoms with Crippen LogP contribution in [0.25, 0.3) is 0 Å². The fourth-order valence-electron chi connectivity index (χ4n) is 2.51. The van der Waals surface area contributed by atoms with E-state index in [1.54, 1.807) is 18.2 Å². The summed E-state index contributed by atoms with van der Waals surface area (Å²) < 4.78 is 15.8. The SMILES string of the molecule is O=C(COC(=O)Cc1ccc2c(c1)OCCO2)Nc1ccc(Cl)cc1[N+](=O)[O-]. The summed E-state index contributed by atoms with van der Waals surface area (Å²) in [6.07, 6.45) is -0.0645. The molecule has 2 aromatic rings. The van der Waals surface area contributed by atoms with Gasteiger partial charge in [-0.2, -0.15) is 0 Å². The summed E-state index contributed by atoms with van der Waals surface area (Å²) in [4.78, 5) is 34.2. The zero-order valence-corrected chi connectivity index (χ0v) is 15.2. The van der Waals surface area contributed by atoms with E-state index >= 15 is 0 Å². The predicted molar refractivity (Wildman–Crippen MR) is 98.8 cm³/mol. The molecule has 10 heteroatoms. The molecule has 2 aromatic carbocycles. The van der Waals surface area contributed by atoms with Gasteiger partial charge in [-0.15, -0.1) is 0 Å². The molecule has 146 valence electrons. The molecular formula is C18H15ClN2O7. The highest BCUT2D eigenvalue weighted by Gasteiger charge is 2.18. The largest absolute Gasteiger partial charge is 0.486 e. The third-order valence-corrected chi connectivity index (χ3v) is 3.98. The zero-order chi connectivity index (χ0) is 20.1. The molecule has 1 heterocycles. The molecule has 1 aliphatic heterocycles. The van der Waals surface area contributed by atoms with Crippen LogP contribution in [-0.4, -0.2) is 36.6 Å². The first-order chi connectivity index (χ1) is 13.4. The number of nitro groups is 1. The van der Waals surface area contributed by atoms with E-state index in [2.05, 4.69) is 5.32 Å². The van der Waals surface area contributed by atoms with Crippen LogP contribution in [0.5, 0.6) is 11.5 Å². The Morgan fingerprint density at radius 3 is 2.64 bits per heavy atom. The molecule has 0 saturated carbocycles. The fraction of sp³-hybridized carbons (Fsp3) is 0.222. The lowest BCUT2D eigenvalue weighted by Gasteiger charge is -2.18. The highest BCUT2D eigenvalue weighted by Crippen LogP contribution is 2.31. The summed E-state index contributed by atoms with van der Waals surface area (Å²) in [6.45, 7) is 0.316. The maximum absolute atomic E-state index is 12.0. The topological polar surface area (TPSA) is 117 Å². The Morgan fingerprint density at radius 2 is 1.89 bits per heavy atom. The number of nitrogens with zero attached hydrogens (tertiary/aromatic N) is 1. The molecule has 28 heavy (non-hydrogen) atoms. The zero-order valence-electron chi connectivity index (χ0n) is 14.5. The minimum atomic E-state index is -0.707. The molecule has 0 saturated heterocycles. The second-order valence-corrected chi connectivity index (χ2v) is 6.22. The predicted octanol–water partition coefficient (Wildman–Crippen LogP) is 2.74. The second-order valence-electron chi connectivity index (χ2n) is 5.78. The minimum absolute atomic E-state index is 0.0396. The lowest BCUT2D eigenvalue weighted by atomic mass is 10.1. The van der Waals surface area contributed by atoms with Crippen molar-refractivity contribution in [3.8, 4) is 11.5 Å². The van der Waals surface area contributed by atoms with E-state index < -0.39 is 23.4 Å². The summed E-state index contributed by atoms with van der Waals surface area (Å²) >= 11 is 5.72. The van der Waals surface area contributed by atoms with Crippen LogP contribution in [0.2, 0.25) is 5.02 Å². The lowest BCUT2D eigenvalue weighted by Crippen LogP contribution is -2.22. The van der Waals surface area contributed by atoms with Gasteiger partial charge in [0.2, 0.25) is 0 Å². The molecule has 1 N–H and O–H groups in total. The van der Waals surface area contributed by atoms with E-state index in [4.69, 9.17) is 25.8 Å². The minimum Gasteiger partial charge on any atom is -0.486 e. The number of hydrogen-bond donors (Lipinski definition) is 1. The first kappa shape index (κ1) is 19.4. The van der Waals surface area contributed by atoms with E-state index in [1.807, 2.05) is 0 Å². The average Bonchev–Trinajstić information content (AvgIpc) is 2.67.